The van der Waals surface area contributed by atoms with Crippen LogP contribution in [0, 0.1) is 0 Å². The number of hydrogen-bond acceptors (Lipinski definition) is 5. The first-order valence-corrected chi connectivity index (χ1v) is 8.46. The standard InChI is InChI=1S/C15H17N3O3S/c19-22(20,18-8-10-21-11-9-18)14-6-7-15(16-12-14)17-13-4-2-1-3-5-13/h1-7,12H,8-11H2,(H,16,17). The summed E-state index contributed by atoms with van der Waals surface area (Å²) in [7, 11) is -3.49. The van der Waals surface area contributed by atoms with Crippen molar-refractivity contribution in [1.82, 2.24) is 9.29 Å². The van der Waals surface area contributed by atoms with E-state index in [0.29, 0.717) is 32.1 Å². The molecule has 0 aliphatic carbocycles. The first-order valence-electron chi connectivity index (χ1n) is 7.02. The zero-order chi connectivity index (χ0) is 15.4. The van der Waals surface area contributed by atoms with Crippen molar-refractivity contribution < 1.29 is 13.2 Å². The molecule has 6 nitrogen and oxygen atoms in total. The number of rotatable bonds is 4. The molecule has 22 heavy (non-hydrogen) atoms. The van der Waals surface area contributed by atoms with E-state index in [2.05, 4.69) is 10.3 Å². The Morgan fingerprint density at radius 1 is 1.05 bits per heavy atom. The zero-order valence-electron chi connectivity index (χ0n) is 12.0. The molecule has 0 saturated carbocycles. The van der Waals surface area contributed by atoms with Gasteiger partial charge in [0.25, 0.3) is 0 Å². The Morgan fingerprint density at radius 3 is 2.41 bits per heavy atom. The summed E-state index contributed by atoms with van der Waals surface area (Å²) >= 11 is 0. The van der Waals surface area contributed by atoms with Gasteiger partial charge in [0.2, 0.25) is 10.0 Å². The van der Waals surface area contributed by atoms with Crippen LogP contribution in [0.3, 0.4) is 0 Å². The van der Waals surface area contributed by atoms with Crippen molar-refractivity contribution >= 4 is 21.5 Å². The summed E-state index contributed by atoms with van der Waals surface area (Å²) in [5.74, 6) is 0.604. The second-order valence-electron chi connectivity index (χ2n) is 4.89. The summed E-state index contributed by atoms with van der Waals surface area (Å²) in [5, 5.41) is 3.12. The Morgan fingerprint density at radius 2 is 1.77 bits per heavy atom. The number of hydrogen-bond donors (Lipinski definition) is 1. The smallest absolute Gasteiger partial charge is 0.244 e. The highest BCUT2D eigenvalue weighted by molar-refractivity contribution is 7.89. The fraction of sp³-hybridized carbons (Fsp3) is 0.267. The largest absolute Gasteiger partial charge is 0.379 e. The Hall–Kier alpha value is -1.96. The number of ether oxygens (including phenoxy) is 1. The van der Waals surface area contributed by atoms with Crippen LogP contribution in [-0.2, 0) is 14.8 Å². The van der Waals surface area contributed by atoms with Crippen LogP contribution in [0.2, 0.25) is 0 Å². The van der Waals surface area contributed by atoms with Gasteiger partial charge in [-0.05, 0) is 24.3 Å². The van der Waals surface area contributed by atoms with E-state index in [1.807, 2.05) is 30.3 Å². The molecule has 7 heteroatoms. The van der Waals surface area contributed by atoms with Crippen LogP contribution in [0.5, 0.6) is 0 Å². The molecule has 1 aromatic carbocycles. The van der Waals surface area contributed by atoms with Crippen LogP contribution in [0.25, 0.3) is 0 Å². The fourth-order valence-electron chi connectivity index (χ4n) is 2.21. The van der Waals surface area contributed by atoms with Gasteiger partial charge in [-0.15, -0.1) is 0 Å². The van der Waals surface area contributed by atoms with Gasteiger partial charge in [-0.25, -0.2) is 13.4 Å². The third kappa shape index (κ3) is 3.27. The van der Waals surface area contributed by atoms with Crippen molar-refractivity contribution in [2.75, 3.05) is 31.6 Å². The molecule has 0 bridgehead atoms. The van der Waals surface area contributed by atoms with Crippen LogP contribution >= 0.6 is 0 Å². The molecule has 1 saturated heterocycles. The van der Waals surface area contributed by atoms with Crippen LogP contribution in [0.4, 0.5) is 11.5 Å². The molecule has 3 rings (SSSR count). The molecule has 1 aromatic heterocycles. The molecular formula is C15H17N3O3S. The van der Waals surface area contributed by atoms with Crippen LogP contribution in [-0.4, -0.2) is 44.0 Å². The number of nitrogens with zero attached hydrogens (tertiary/aromatic N) is 2. The number of morpholine rings is 1. The van der Waals surface area contributed by atoms with Gasteiger partial charge < -0.3 is 10.1 Å². The first kappa shape index (κ1) is 15.0. The summed E-state index contributed by atoms with van der Waals surface area (Å²) in [5.41, 5.74) is 0.902. The first-order chi connectivity index (χ1) is 10.7. The summed E-state index contributed by atoms with van der Waals surface area (Å²) in [6.45, 7) is 1.62. The maximum absolute atomic E-state index is 12.5. The Labute approximate surface area is 129 Å². The fourth-order valence-corrected chi connectivity index (χ4v) is 3.57. The number of pyridine rings is 1. The van der Waals surface area contributed by atoms with Crippen molar-refractivity contribution in [2.45, 2.75) is 4.90 Å². The van der Waals surface area contributed by atoms with E-state index < -0.39 is 10.0 Å². The number of aromatic nitrogens is 1. The maximum atomic E-state index is 12.5. The number of para-hydroxylation sites is 1. The van der Waals surface area contributed by atoms with Crippen LogP contribution < -0.4 is 5.32 Å². The highest BCUT2D eigenvalue weighted by atomic mass is 32.2. The minimum absolute atomic E-state index is 0.202. The lowest BCUT2D eigenvalue weighted by atomic mass is 10.3. The van der Waals surface area contributed by atoms with Gasteiger partial charge in [-0.1, -0.05) is 18.2 Å². The molecule has 0 unspecified atom stereocenters. The normalized spacial score (nSPS) is 16.4. The van der Waals surface area contributed by atoms with Crippen molar-refractivity contribution in [3.63, 3.8) is 0 Å². The van der Waals surface area contributed by atoms with E-state index in [1.54, 1.807) is 12.1 Å². The highest BCUT2D eigenvalue weighted by Crippen LogP contribution is 2.19. The molecule has 1 fully saturated rings. The van der Waals surface area contributed by atoms with Gasteiger partial charge in [0, 0.05) is 25.0 Å². The van der Waals surface area contributed by atoms with E-state index >= 15 is 0 Å². The van der Waals surface area contributed by atoms with Crippen molar-refractivity contribution in [2.24, 2.45) is 0 Å². The lowest BCUT2D eigenvalue weighted by Crippen LogP contribution is -2.40. The minimum atomic E-state index is -3.49. The molecule has 0 amide bonds. The van der Waals surface area contributed by atoms with Gasteiger partial charge in [-0.2, -0.15) is 4.31 Å². The second kappa shape index (κ2) is 6.43. The number of benzene rings is 1. The minimum Gasteiger partial charge on any atom is -0.379 e. The average Bonchev–Trinajstić information content (AvgIpc) is 2.57. The van der Waals surface area contributed by atoms with Crippen molar-refractivity contribution in [3.05, 3.63) is 48.7 Å². The summed E-state index contributed by atoms with van der Waals surface area (Å²) < 4.78 is 31.5. The summed E-state index contributed by atoms with van der Waals surface area (Å²) in [6.07, 6.45) is 1.38. The molecule has 116 valence electrons. The number of sulfonamides is 1. The molecule has 0 atom stereocenters. The number of anilines is 2. The molecule has 2 heterocycles. The van der Waals surface area contributed by atoms with Gasteiger partial charge in [0.15, 0.2) is 0 Å². The van der Waals surface area contributed by atoms with E-state index in [0.717, 1.165) is 5.69 Å². The van der Waals surface area contributed by atoms with Gasteiger partial charge in [0.05, 0.1) is 13.2 Å². The van der Waals surface area contributed by atoms with Crippen molar-refractivity contribution in [3.8, 4) is 0 Å². The Kier molecular flexibility index (Phi) is 4.37. The molecule has 2 aromatic rings. The zero-order valence-corrected chi connectivity index (χ0v) is 12.8. The third-order valence-corrected chi connectivity index (χ3v) is 5.27. The van der Waals surface area contributed by atoms with Gasteiger partial charge in [0.1, 0.15) is 10.7 Å². The summed E-state index contributed by atoms with van der Waals surface area (Å²) in [6, 6.07) is 12.8. The van der Waals surface area contributed by atoms with Crippen LogP contribution in [0.1, 0.15) is 0 Å². The predicted molar refractivity (Wildman–Crippen MR) is 83.5 cm³/mol. The van der Waals surface area contributed by atoms with E-state index in [-0.39, 0.29) is 4.90 Å². The maximum Gasteiger partial charge on any atom is 0.244 e. The summed E-state index contributed by atoms with van der Waals surface area (Å²) in [4.78, 5) is 4.39. The van der Waals surface area contributed by atoms with Gasteiger partial charge >= 0.3 is 0 Å². The average molecular weight is 319 g/mol. The third-order valence-electron chi connectivity index (χ3n) is 3.39. The Bertz CT molecular complexity index is 711. The van der Waals surface area contributed by atoms with Crippen molar-refractivity contribution in [1.29, 1.82) is 0 Å². The van der Waals surface area contributed by atoms with Gasteiger partial charge in [-0.3, -0.25) is 0 Å². The molecule has 1 aliphatic heterocycles. The van der Waals surface area contributed by atoms with E-state index in [9.17, 15) is 8.42 Å². The Balaban J connectivity index is 1.76. The molecular weight excluding hydrogens is 302 g/mol. The van der Waals surface area contributed by atoms with E-state index in [4.69, 9.17) is 4.74 Å². The predicted octanol–water partition coefficient (Wildman–Crippen LogP) is 1.85. The topological polar surface area (TPSA) is 71.5 Å². The SMILES string of the molecule is O=S(=O)(c1ccc(Nc2ccccc2)nc1)N1CCOCC1. The van der Waals surface area contributed by atoms with Crippen LogP contribution in [0.15, 0.2) is 53.6 Å². The highest BCUT2D eigenvalue weighted by Gasteiger charge is 2.26. The lowest BCUT2D eigenvalue weighted by Gasteiger charge is -2.25. The number of nitrogens with one attached hydrogen (secondary N) is 1. The van der Waals surface area contributed by atoms with E-state index in [1.165, 1.54) is 10.5 Å². The monoisotopic (exact) mass is 319 g/mol. The quantitative estimate of drug-likeness (QED) is 0.931. The second-order valence-corrected chi connectivity index (χ2v) is 6.82. The molecule has 0 radical (unpaired) electrons. The lowest BCUT2D eigenvalue weighted by molar-refractivity contribution is 0.0730. The molecule has 0 spiro atoms. The molecule has 1 N–H and O–H groups in total. The molecule has 1 aliphatic rings.